The van der Waals surface area contributed by atoms with E-state index in [2.05, 4.69) is 45.2 Å². The molecule has 1 aliphatic heterocycles. The van der Waals surface area contributed by atoms with Gasteiger partial charge in [-0.3, -0.25) is 9.30 Å². The molecule has 3 aromatic rings. The van der Waals surface area contributed by atoms with Crippen molar-refractivity contribution in [2.75, 3.05) is 37.6 Å². The highest BCUT2D eigenvalue weighted by Crippen LogP contribution is 2.47. The van der Waals surface area contributed by atoms with Crippen LogP contribution in [0.3, 0.4) is 0 Å². The van der Waals surface area contributed by atoms with Crippen molar-refractivity contribution >= 4 is 11.3 Å². The van der Waals surface area contributed by atoms with Crippen molar-refractivity contribution in [3.63, 3.8) is 0 Å². The van der Waals surface area contributed by atoms with Gasteiger partial charge in [-0.05, 0) is 37.1 Å². The van der Waals surface area contributed by atoms with Gasteiger partial charge in [-0.1, -0.05) is 38.1 Å². The van der Waals surface area contributed by atoms with E-state index in [0.717, 1.165) is 44.9 Å². The van der Waals surface area contributed by atoms with E-state index in [1.165, 1.54) is 18.5 Å². The maximum atomic E-state index is 12.6. The SMILES string of the molecule is CC.O=c1n(CC2(CN3CCN(c4ccccc4)CC3)CC2)nc2ccccn12. The van der Waals surface area contributed by atoms with Gasteiger partial charge in [-0.15, -0.1) is 5.10 Å². The number of fused-ring (bicyclic) bond motifs is 1. The lowest BCUT2D eigenvalue weighted by Gasteiger charge is -2.37. The Kier molecular flexibility index (Phi) is 5.72. The van der Waals surface area contributed by atoms with Crippen molar-refractivity contribution in [3.8, 4) is 0 Å². The minimum absolute atomic E-state index is 0.0224. The van der Waals surface area contributed by atoms with Gasteiger partial charge in [0.25, 0.3) is 0 Å². The van der Waals surface area contributed by atoms with Gasteiger partial charge in [-0.25, -0.2) is 9.48 Å². The molecule has 2 aromatic heterocycles. The van der Waals surface area contributed by atoms with E-state index >= 15 is 0 Å². The van der Waals surface area contributed by atoms with Crippen LogP contribution in [0.4, 0.5) is 5.69 Å². The van der Waals surface area contributed by atoms with E-state index in [4.69, 9.17) is 0 Å². The van der Waals surface area contributed by atoms with Gasteiger partial charge < -0.3 is 4.90 Å². The molecule has 0 radical (unpaired) electrons. The molecule has 2 fully saturated rings. The van der Waals surface area contributed by atoms with Crippen LogP contribution in [0.25, 0.3) is 5.65 Å². The third-order valence-electron chi connectivity index (χ3n) is 5.98. The van der Waals surface area contributed by atoms with Crippen LogP contribution < -0.4 is 10.6 Å². The predicted molar refractivity (Wildman–Crippen MR) is 118 cm³/mol. The average molecular weight is 394 g/mol. The summed E-state index contributed by atoms with van der Waals surface area (Å²) in [5.74, 6) is 0. The van der Waals surface area contributed by atoms with E-state index in [1.54, 1.807) is 15.3 Å². The Labute approximate surface area is 172 Å². The number of rotatable bonds is 5. The highest BCUT2D eigenvalue weighted by Gasteiger charge is 2.45. The largest absolute Gasteiger partial charge is 0.369 e. The van der Waals surface area contributed by atoms with Crippen LogP contribution in [0, 0.1) is 5.41 Å². The zero-order valence-corrected chi connectivity index (χ0v) is 17.5. The van der Waals surface area contributed by atoms with E-state index < -0.39 is 0 Å². The molecule has 1 aliphatic carbocycles. The highest BCUT2D eigenvalue weighted by atomic mass is 16.2. The maximum Gasteiger partial charge on any atom is 0.350 e. The van der Waals surface area contributed by atoms with Gasteiger partial charge in [0, 0.05) is 50.0 Å². The van der Waals surface area contributed by atoms with Crippen molar-refractivity contribution in [1.82, 2.24) is 19.1 Å². The van der Waals surface area contributed by atoms with E-state index in [9.17, 15) is 4.79 Å². The van der Waals surface area contributed by atoms with Crippen LogP contribution in [-0.4, -0.2) is 51.8 Å². The number of hydrogen-bond acceptors (Lipinski definition) is 4. The van der Waals surface area contributed by atoms with E-state index in [-0.39, 0.29) is 11.1 Å². The normalized spacial score (nSPS) is 18.3. The molecule has 1 aromatic carbocycles. The first-order valence-electron chi connectivity index (χ1n) is 10.8. The van der Waals surface area contributed by atoms with E-state index in [0.29, 0.717) is 0 Å². The van der Waals surface area contributed by atoms with Crippen LogP contribution in [0.2, 0.25) is 0 Å². The fourth-order valence-electron chi connectivity index (χ4n) is 4.21. The van der Waals surface area contributed by atoms with Crippen molar-refractivity contribution in [2.24, 2.45) is 5.41 Å². The molecule has 1 saturated carbocycles. The second-order valence-corrected chi connectivity index (χ2v) is 7.97. The lowest BCUT2D eigenvalue weighted by atomic mass is 10.1. The van der Waals surface area contributed by atoms with Gasteiger partial charge in [0.1, 0.15) is 0 Å². The standard InChI is InChI=1S/C21H25N5O.C2H6/c27-20-25-11-5-4-8-19(25)22-26(20)17-21(9-10-21)16-23-12-14-24(15-13-23)18-6-2-1-3-7-18;1-2/h1-8,11H,9-10,12-17H2;1-2H3. The van der Waals surface area contributed by atoms with E-state index in [1.807, 2.05) is 32.0 Å². The molecule has 0 N–H and O–H groups in total. The second-order valence-electron chi connectivity index (χ2n) is 7.97. The smallest absolute Gasteiger partial charge is 0.350 e. The molecule has 2 aliphatic rings. The Morgan fingerprint density at radius 3 is 2.24 bits per heavy atom. The summed E-state index contributed by atoms with van der Waals surface area (Å²) in [6, 6.07) is 16.3. The zero-order chi connectivity index (χ0) is 20.3. The number of benzene rings is 1. The Hall–Kier alpha value is -2.60. The maximum absolute atomic E-state index is 12.6. The summed E-state index contributed by atoms with van der Waals surface area (Å²) in [4.78, 5) is 17.6. The molecule has 0 bridgehead atoms. The Morgan fingerprint density at radius 2 is 1.59 bits per heavy atom. The first-order valence-corrected chi connectivity index (χ1v) is 10.8. The van der Waals surface area contributed by atoms with Gasteiger partial charge in [-0.2, -0.15) is 0 Å². The number of piperazine rings is 1. The predicted octanol–water partition coefficient (Wildman–Crippen LogP) is 3.12. The molecule has 1 saturated heterocycles. The number of para-hydroxylation sites is 1. The summed E-state index contributed by atoms with van der Waals surface area (Å²) in [6.07, 6.45) is 4.17. The monoisotopic (exact) mass is 393 g/mol. The molecule has 3 heterocycles. The molecular formula is C23H31N5O. The molecule has 6 nitrogen and oxygen atoms in total. The van der Waals surface area contributed by atoms with Gasteiger partial charge >= 0.3 is 5.69 Å². The number of pyridine rings is 1. The van der Waals surface area contributed by atoms with Gasteiger partial charge in [0.15, 0.2) is 5.65 Å². The summed E-state index contributed by atoms with van der Waals surface area (Å²) in [6.45, 7) is 10.1. The summed E-state index contributed by atoms with van der Waals surface area (Å²) >= 11 is 0. The third kappa shape index (κ3) is 4.22. The van der Waals surface area contributed by atoms with Crippen molar-refractivity contribution < 1.29 is 0 Å². The Bertz CT molecular complexity index is 981. The molecule has 0 amide bonds. The fraction of sp³-hybridized carbons (Fsp3) is 0.478. The van der Waals surface area contributed by atoms with Crippen LogP contribution in [0.5, 0.6) is 0 Å². The minimum atomic E-state index is -0.0224. The number of aromatic nitrogens is 3. The zero-order valence-electron chi connectivity index (χ0n) is 17.5. The van der Waals surface area contributed by atoms with Crippen LogP contribution >= 0.6 is 0 Å². The fourth-order valence-corrected chi connectivity index (χ4v) is 4.21. The lowest BCUT2D eigenvalue weighted by molar-refractivity contribution is 0.191. The minimum Gasteiger partial charge on any atom is -0.369 e. The first kappa shape index (κ1) is 19.7. The molecule has 154 valence electrons. The van der Waals surface area contributed by atoms with Crippen LogP contribution in [0.1, 0.15) is 26.7 Å². The average Bonchev–Trinajstić information content (AvgIpc) is 3.47. The number of hydrogen-bond donors (Lipinski definition) is 0. The summed E-state index contributed by atoms with van der Waals surface area (Å²) in [7, 11) is 0. The molecule has 5 rings (SSSR count). The van der Waals surface area contributed by atoms with Gasteiger partial charge in [0.05, 0.1) is 6.54 Å². The summed E-state index contributed by atoms with van der Waals surface area (Å²) < 4.78 is 3.30. The summed E-state index contributed by atoms with van der Waals surface area (Å²) in [5.41, 5.74) is 2.24. The molecule has 0 atom stereocenters. The molecule has 0 spiro atoms. The lowest BCUT2D eigenvalue weighted by Crippen LogP contribution is -2.48. The third-order valence-corrected chi connectivity index (χ3v) is 5.98. The number of anilines is 1. The van der Waals surface area contributed by atoms with Crippen molar-refractivity contribution in [2.45, 2.75) is 33.2 Å². The van der Waals surface area contributed by atoms with Crippen LogP contribution in [0.15, 0.2) is 59.5 Å². The molecule has 6 heteroatoms. The number of nitrogens with zero attached hydrogens (tertiary/aromatic N) is 5. The molecular weight excluding hydrogens is 362 g/mol. The second kappa shape index (κ2) is 8.41. The Balaban J connectivity index is 0.000000994. The topological polar surface area (TPSA) is 45.8 Å². The van der Waals surface area contributed by atoms with Crippen LogP contribution in [-0.2, 0) is 6.54 Å². The van der Waals surface area contributed by atoms with Gasteiger partial charge in [0.2, 0.25) is 0 Å². The van der Waals surface area contributed by atoms with Crippen molar-refractivity contribution in [1.29, 1.82) is 0 Å². The first-order chi connectivity index (χ1) is 14.2. The Morgan fingerprint density at radius 1 is 0.897 bits per heavy atom. The van der Waals surface area contributed by atoms with Crippen molar-refractivity contribution in [3.05, 3.63) is 65.2 Å². The summed E-state index contributed by atoms with van der Waals surface area (Å²) in [5, 5.41) is 4.52. The molecule has 29 heavy (non-hydrogen) atoms. The highest BCUT2D eigenvalue weighted by molar-refractivity contribution is 5.46. The molecule has 0 unspecified atom stereocenters. The quantitative estimate of drug-likeness (QED) is 0.668.